The van der Waals surface area contributed by atoms with Crippen molar-refractivity contribution < 1.29 is 13.9 Å². The summed E-state index contributed by atoms with van der Waals surface area (Å²) < 4.78 is 10.8. The number of rotatable bonds is 3. The number of hydrogen-bond donors (Lipinski definition) is 1. The van der Waals surface area contributed by atoms with Crippen LogP contribution in [0.3, 0.4) is 0 Å². The minimum absolute atomic E-state index is 0.0740. The molecule has 1 aromatic heterocycles. The fraction of sp³-hybridized carbons (Fsp3) is 0.692. The Hall–Kier alpha value is -1.40. The van der Waals surface area contributed by atoms with Crippen LogP contribution in [0.1, 0.15) is 23.9 Å². The van der Waals surface area contributed by atoms with Crippen LogP contribution in [-0.2, 0) is 16.0 Å². The topological polar surface area (TPSA) is 67.6 Å². The van der Waals surface area contributed by atoms with Gasteiger partial charge in [0.2, 0.25) is 5.91 Å². The third-order valence-electron chi connectivity index (χ3n) is 3.90. The molecule has 2 aliphatic heterocycles. The van der Waals surface area contributed by atoms with Gasteiger partial charge in [-0.1, -0.05) is 0 Å². The summed E-state index contributed by atoms with van der Waals surface area (Å²) in [5.41, 5.74) is 0.887. The van der Waals surface area contributed by atoms with E-state index >= 15 is 0 Å². The van der Waals surface area contributed by atoms with Crippen molar-refractivity contribution in [2.24, 2.45) is 5.92 Å². The number of carbonyl (C=O) groups is 1. The highest BCUT2D eigenvalue weighted by Crippen LogP contribution is 2.25. The summed E-state index contributed by atoms with van der Waals surface area (Å²) in [7, 11) is 1.77. The van der Waals surface area contributed by atoms with E-state index in [2.05, 4.69) is 10.3 Å². The lowest BCUT2D eigenvalue weighted by atomic mass is 10.1. The first-order valence-corrected chi connectivity index (χ1v) is 6.75. The number of ether oxygens (including phenoxy) is 1. The Labute approximate surface area is 112 Å². The van der Waals surface area contributed by atoms with Crippen molar-refractivity contribution >= 4 is 5.91 Å². The standard InChI is InChI=1S/C13H19N3O3/c1-14-11-12-10(15-8-19-12)2-4-16(13(11)17)6-9-3-5-18-7-9/h8-9,11,14H,2-7H2,1H3. The van der Waals surface area contributed by atoms with Crippen molar-refractivity contribution in [2.45, 2.75) is 18.9 Å². The SMILES string of the molecule is CNC1C(=O)N(CC2CCOC2)CCc2ncoc21. The molecule has 2 atom stereocenters. The lowest BCUT2D eigenvalue weighted by Gasteiger charge is -2.26. The molecule has 3 heterocycles. The van der Waals surface area contributed by atoms with Gasteiger partial charge in [0.25, 0.3) is 0 Å². The molecule has 19 heavy (non-hydrogen) atoms. The van der Waals surface area contributed by atoms with E-state index in [0.717, 1.165) is 38.3 Å². The van der Waals surface area contributed by atoms with Crippen LogP contribution in [0.15, 0.2) is 10.8 Å². The number of likely N-dealkylation sites (N-methyl/N-ethyl adjacent to an activating group) is 1. The van der Waals surface area contributed by atoms with E-state index in [0.29, 0.717) is 18.2 Å². The van der Waals surface area contributed by atoms with Crippen LogP contribution in [0, 0.1) is 5.92 Å². The van der Waals surface area contributed by atoms with Gasteiger partial charge < -0.3 is 19.4 Å². The van der Waals surface area contributed by atoms with Crippen molar-refractivity contribution in [1.82, 2.24) is 15.2 Å². The number of carbonyl (C=O) groups excluding carboxylic acids is 1. The van der Waals surface area contributed by atoms with Crippen LogP contribution >= 0.6 is 0 Å². The van der Waals surface area contributed by atoms with Crippen molar-refractivity contribution in [1.29, 1.82) is 0 Å². The third kappa shape index (κ3) is 2.37. The second kappa shape index (κ2) is 5.30. The largest absolute Gasteiger partial charge is 0.446 e. The predicted molar refractivity (Wildman–Crippen MR) is 67.5 cm³/mol. The van der Waals surface area contributed by atoms with Crippen LogP contribution in [-0.4, -0.2) is 49.1 Å². The monoisotopic (exact) mass is 265 g/mol. The average Bonchev–Trinajstić information content (AvgIpc) is 3.04. The summed E-state index contributed by atoms with van der Waals surface area (Å²) in [6.07, 6.45) is 3.21. The molecule has 1 saturated heterocycles. The normalized spacial score (nSPS) is 27.4. The molecule has 0 bridgehead atoms. The van der Waals surface area contributed by atoms with Crippen LogP contribution in [0.25, 0.3) is 0 Å². The lowest BCUT2D eigenvalue weighted by molar-refractivity contribution is -0.134. The van der Waals surface area contributed by atoms with Gasteiger partial charge in [0, 0.05) is 32.0 Å². The molecular weight excluding hydrogens is 246 g/mol. The van der Waals surface area contributed by atoms with E-state index < -0.39 is 6.04 Å². The fourth-order valence-corrected chi connectivity index (χ4v) is 2.82. The van der Waals surface area contributed by atoms with E-state index in [1.807, 2.05) is 4.90 Å². The summed E-state index contributed by atoms with van der Waals surface area (Å²) in [5, 5.41) is 3.03. The Bertz CT molecular complexity index is 454. The van der Waals surface area contributed by atoms with Gasteiger partial charge >= 0.3 is 0 Å². The zero-order valence-electron chi connectivity index (χ0n) is 11.1. The van der Waals surface area contributed by atoms with Crippen molar-refractivity contribution in [3.63, 3.8) is 0 Å². The molecule has 1 fully saturated rings. The summed E-state index contributed by atoms with van der Waals surface area (Å²) >= 11 is 0. The Morgan fingerprint density at radius 2 is 2.47 bits per heavy atom. The van der Waals surface area contributed by atoms with Gasteiger partial charge in [-0.2, -0.15) is 0 Å². The molecule has 0 saturated carbocycles. The summed E-state index contributed by atoms with van der Waals surface area (Å²) in [6.45, 7) is 3.04. The van der Waals surface area contributed by atoms with Crippen molar-refractivity contribution in [3.8, 4) is 0 Å². The van der Waals surface area contributed by atoms with E-state index in [9.17, 15) is 4.79 Å². The fourth-order valence-electron chi connectivity index (χ4n) is 2.82. The number of nitrogens with zero attached hydrogens (tertiary/aromatic N) is 2. The van der Waals surface area contributed by atoms with Gasteiger partial charge in [-0.05, 0) is 13.5 Å². The number of aromatic nitrogens is 1. The number of hydrogen-bond acceptors (Lipinski definition) is 5. The Balaban J connectivity index is 1.77. The van der Waals surface area contributed by atoms with E-state index in [1.54, 1.807) is 7.05 Å². The Morgan fingerprint density at radius 3 is 3.21 bits per heavy atom. The molecule has 6 heteroatoms. The quantitative estimate of drug-likeness (QED) is 0.854. The Morgan fingerprint density at radius 1 is 1.58 bits per heavy atom. The minimum Gasteiger partial charge on any atom is -0.446 e. The smallest absolute Gasteiger partial charge is 0.247 e. The van der Waals surface area contributed by atoms with E-state index in [4.69, 9.17) is 9.15 Å². The number of nitrogens with one attached hydrogen (secondary N) is 1. The number of oxazole rings is 1. The van der Waals surface area contributed by atoms with Crippen LogP contribution in [0.2, 0.25) is 0 Å². The zero-order chi connectivity index (χ0) is 13.2. The molecule has 1 N–H and O–H groups in total. The van der Waals surface area contributed by atoms with Crippen molar-refractivity contribution in [2.75, 3.05) is 33.4 Å². The van der Waals surface area contributed by atoms with Gasteiger partial charge in [-0.25, -0.2) is 4.98 Å². The van der Waals surface area contributed by atoms with Gasteiger partial charge in [0.15, 0.2) is 12.2 Å². The maximum Gasteiger partial charge on any atom is 0.247 e. The number of amides is 1. The highest BCUT2D eigenvalue weighted by atomic mass is 16.5. The lowest BCUT2D eigenvalue weighted by Crippen LogP contribution is -2.41. The average molecular weight is 265 g/mol. The molecule has 3 rings (SSSR count). The molecule has 0 spiro atoms. The second-order valence-corrected chi connectivity index (χ2v) is 5.15. The molecule has 2 unspecified atom stereocenters. The molecule has 104 valence electrons. The molecule has 0 aliphatic carbocycles. The van der Waals surface area contributed by atoms with Crippen LogP contribution < -0.4 is 5.32 Å². The summed E-state index contributed by atoms with van der Waals surface area (Å²) in [5.74, 6) is 1.20. The molecule has 0 radical (unpaired) electrons. The third-order valence-corrected chi connectivity index (χ3v) is 3.90. The van der Waals surface area contributed by atoms with Crippen LogP contribution in [0.5, 0.6) is 0 Å². The highest BCUT2D eigenvalue weighted by Gasteiger charge is 2.34. The minimum atomic E-state index is -0.415. The molecule has 6 nitrogen and oxygen atoms in total. The zero-order valence-corrected chi connectivity index (χ0v) is 11.1. The maximum atomic E-state index is 12.6. The van der Waals surface area contributed by atoms with Crippen LogP contribution in [0.4, 0.5) is 0 Å². The number of fused-ring (bicyclic) bond motifs is 1. The summed E-state index contributed by atoms with van der Waals surface area (Å²) in [4.78, 5) is 18.7. The molecular formula is C13H19N3O3. The summed E-state index contributed by atoms with van der Waals surface area (Å²) in [6, 6.07) is -0.415. The second-order valence-electron chi connectivity index (χ2n) is 5.15. The van der Waals surface area contributed by atoms with E-state index in [1.165, 1.54) is 6.39 Å². The Kier molecular flexibility index (Phi) is 3.52. The molecule has 0 aromatic carbocycles. The highest BCUT2D eigenvalue weighted by molar-refractivity contribution is 5.83. The van der Waals surface area contributed by atoms with Gasteiger partial charge in [0.1, 0.15) is 6.04 Å². The van der Waals surface area contributed by atoms with Gasteiger partial charge in [-0.15, -0.1) is 0 Å². The molecule has 1 aromatic rings. The molecule has 1 amide bonds. The van der Waals surface area contributed by atoms with Gasteiger partial charge in [-0.3, -0.25) is 4.79 Å². The van der Waals surface area contributed by atoms with Gasteiger partial charge in [0.05, 0.1) is 12.3 Å². The predicted octanol–water partition coefficient (Wildman–Crippen LogP) is 0.356. The first-order chi connectivity index (χ1) is 9.29. The van der Waals surface area contributed by atoms with E-state index in [-0.39, 0.29) is 5.91 Å². The maximum absolute atomic E-state index is 12.6. The molecule has 2 aliphatic rings. The van der Waals surface area contributed by atoms with Crippen molar-refractivity contribution in [3.05, 3.63) is 17.8 Å². The first kappa shape index (κ1) is 12.6. The first-order valence-electron chi connectivity index (χ1n) is 6.75.